The van der Waals surface area contributed by atoms with E-state index in [1.165, 1.54) is 12.1 Å². The van der Waals surface area contributed by atoms with Crippen molar-refractivity contribution < 1.29 is 0 Å². The van der Waals surface area contributed by atoms with Crippen molar-refractivity contribution in [2.24, 2.45) is 11.7 Å². The first-order valence-corrected chi connectivity index (χ1v) is 6.28. The van der Waals surface area contributed by atoms with Gasteiger partial charge in [-0.05, 0) is 53.0 Å². The zero-order valence-corrected chi connectivity index (χ0v) is 10.8. The molecule has 0 radical (unpaired) electrons. The van der Waals surface area contributed by atoms with Gasteiger partial charge in [-0.1, -0.05) is 11.6 Å². The minimum Gasteiger partial charge on any atom is -0.370 e. The van der Waals surface area contributed by atoms with Crippen LogP contribution in [0.25, 0.3) is 0 Å². The molecule has 2 nitrogen and oxygen atoms in total. The monoisotopic (exact) mass is 288 g/mol. The predicted octanol–water partition coefficient (Wildman–Crippen LogP) is 2.89. The van der Waals surface area contributed by atoms with E-state index in [4.69, 9.17) is 17.3 Å². The molecule has 0 amide bonds. The van der Waals surface area contributed by atoms with E-state index >= 15 is 0 Å². The molecule has 2 rings (SSSR count). The Morgan fingerprint density at radius 1 is 1.53 bits per heavy atom. The molecule has 1 aromatic carbocycles. The lowest BCUT2D eigenvalue weighted by molar-refractivity contribution is 0.602. The highest BCUT2D eigenvalue weighted by Crippen LogP contribution is 2.32. The minimum absolute atomic E-state index is 0.621. The molecule has 15 heavy (non-hydrogen) atoms. The molecule has 1 aromatic rings. The van der Waals surface area contributed by atoms with E-state index in [-0.39, 0.29) is 0 Å². The van der Waals surface area contributed by atoms with E-state index in [1.54, 1.807) is 0 Å². The highest BCUT2D eigenvalue weighted by molar-refractivity contribution is 9.10. The second-order valence-electron chi connectivity index (χ2n) is 3.93. The Hall–Kier alpha value is -0.250. The fraction of sp³-hybridized carbons (Fsp3) is 0.455. The Kier molecular flexibility index (Phi) is 3.54. The van der Waals surface area contributed by atoms with Gasteiger partial charge >= 0.3 is 0 Å². The van der Waals surface area contributed by atoms with Crippen molar-refractivity contribution in [3.63, 3.8) is 0 Å². The summed E-state index contributed by atoms with van der Waals surface area (Å²) in [7, 11) is 0. The summed E-state index contributed by atoms with van der Waals surface area (Å²) in [4.78, 5) is 2.34. The molecule has 2 N–H and O–H groups in total. The van der Waals surface area contributed by atoms with Gasteiger partial charge in [0.25, 0.3) is 0 Å². The third-order valence-electron chi connectivity index (χ3n) is 2.87. The van der Waals surface area contributed by atoms with Gasteiger partial charge < -0.3 is 10.6 Å². The van der Waals surface area contributed by atoms with Crippen molar-refractivity contribution in [3.8, 4) is 0 Å². The van der Waals surface area contributed by atoms with Crippen LogP contribution in [0.3, 0.4) is 0 Å². The molecule has 82 valence electrons. The molecule has 1 unspecified atom stereocenters. The Balaban J connectivity index is 2.19. The molecule has 0 bridgehead atoms. The normalized spacial score (nSPS) is 21.0. The lowest BCUT2D eigenvalue weighted by atomic mass is 10.1. The molecular weight excluding hydrogens is 275 g/mol. The second kappa shape index (κ2) is 4.73. The number of hydrogen-bond donors (Lipinski definition) is 1. The van der Waals surface area contributed by atoms with Crippen molar-refractivity contribution >= 4 is 33.2 Å². The molecule has 0 aromatic heterocycles. The van der Waals surface area contributed by atoms with Crippen LogP contribution in [-0.4, -0.2) is 19.6 Å². The maximum absolute atomic E-state index is 5.99. The van der Waals surface area contributed by atoms with Crippen LogP contribution in [0.15, 0.2) is 22.7 Å². The van der Waals surface area contributed by atoms with E-state index in [9.17, 15) is 0 Å². The molecular formula is C11H14BrClN2. The van der Waals surface area contributed by atoms with E-state index in [0.29, 0.717) is 5.92 Å². The highest BCUT2D eigenvalue weighted by Gasteiger charge is 2.22. The van der Waals surface area contributed by atoms with Gasteiger partial charge in [0.1, 0.15) is 0 Å². The second-order valence-corrected chi connectivity index (χ2v) is 5.22. The van der Waals surface area contributed by atoms with Gasteiger partial charge in [0.15, 0.2) is 0 Å². The fourth-order valence-corrected chi connectivity index (χ4v) is 2.64. The summed E-state index contributed by atoms with van der Waals surface area (Å²) in [5.74, 6) is 0.621. The third-order valence-corrected chi connectivity index (χ3v) is 3.77. The number of halogens is 2. The Morgan fingerprint density at radius 3 is 3.00 bits per heavy atom. The molecule has 1 heterocycles. The van der Waals surface area contributed by atoms with Gasteiger partial charge in [-0.2, -0.15) is 0 Å². The van der Waals surface area contributed by atoms with Crippen LogP contribution in [0, 0.1) is 5.92 Å². The van der Waals surface area contributed by atoms with E-state index < -0.39 is 0 Å². The molecule has 4 heteroatoms. The van der Waals surface area contributed by atoms with E-state index in [2.05, 4.69) is 20.8 Å². The molecule has 0 aliphatic carbocycles. The molecule has 1 atom stereocenters. The number of nitrogens with zero attached hydrogens (tertiary/aromatic N) is 1. The SMILES string of the molecule is NCC1CCN(c2cc(Cl)ccc2Br)C1. The summed E-state index contributed by atoms with van der Waals surface area (Å²) in [5.41, 5.74) is 6.86. The smallest absolute Gasteiger partial charge is 0.0525 e. The zero-order chi connectivity index (χ0) is 10.8. The largest absolute Gasteiger partial charge is 0.370 e. The summed E-state index contributed by atoms with van der Waals surface area (Å²) in [6, 6.07) is 5.89. The molecule has 1 aliphatic rings. The third kappa shape index (κ3) is 2.47. The first kappa shape index (κ1) is 11.2. The van der Waals surface area contributed by atoms with Gasteiger partial charge in [-0.25, -0.2) is 0 Å². The van der Waals surface area contributed by atoms with Gasteiger partial charge in [-0.15, -0.1) is 0 Å². The van der Waals surface area contributed by atoms with Crippen LogP contribution >= 0.6 is 27.5 Å². The number of nitrogens with two attached hydrogens (primary N) is 1. The zero-order valence-electron chi connectivity index (χ0n) is 8.42. The van der Waals surface area contributed by atoms with Gasteiger partial charge in [0, 0.05) is 22.6 Å². The minimum atomic E-state index is 0.621. The molecule has 1 aliphatic heterocycles. The summed E-state index contributed by atoms with van der Waals surface area (Å²) in [6.45, 7) is 2.88. The number of hydrogen-bond acceptors (Lipinski definition) is 2. The molecule has 1 fully saturated rings. The fourth-order valence-electron chi connectivity index (χ4n) is 1.97. The standard InChI is InChI=1S/C11H14BrClN2/c12-10-2-1-9(13)5-11(10)15-4-3-8(6-14)7-15/h1-2,5,8H,3-4,6-7,14H2. The van der Waals surface area contributed by atoms with Crippen LogP contribution in [0.5, 0.6) is 0 Å². The highest BCUT2D eigenvalue weighted by atomic mass is 79.9. The summed E-state index contributed by atoms with van der Waals surface area (Å²) in [6.07, 6.45) is 1.18. The van der Waals surface area contributed by atoms with Gasteiger partial charge in [0.2, 0.25) is 0 Å². The number of benzene rings is 1. The van der Waals surface area contributed by atoms with Crippen molar-refractivity contribution in [3.05, 3.63) is 27.7 Å². The van der Waals surface area contributed by atoms with Crippen LogP contribution in [-0.2, 0) is 0 Å². The van der Waals surface area contributed by atoms with Crippen molar-refractivity contribution in [2.45, 2.75) is 6.42 Å². The van der Waals surface area contributed by atoms with Crippen molar-refractivity contribution in [1.29, 1.82) is 0 Å². The van der Waals surface area contributed by atoms with Crippen molar-refractivity contribution in [2.75, 3.05) is 24.5 Å². The molecule has 0 saturated carbocycles. The van der Waals surface area contributed by atoms with Crippen LogP contribution in [0.4, 0.5) is 5.69 Å². The maximum atomic E-state index is 5.99. The van der Waals surface area contributed by atoms with Crippen molar-refractivity contribution in [1.82, 2.24) is 0 Å². The maximum Gasteiger partial charge on any atom is 0.0525 e. The van der Waals surface area contributed by atoms with Crippen LogP contribution in [0.1, 0.15) is 6.42 Å². The van der Waals surface area contributed by atoms with E-state index in [0.717, 1.165) is 29.1 Å². The lowest BCUT2D eigenvalue weighted by Gasteiger charge is -2.20. The van der Waals surface area contributed by atoms with Gasteiger partial charge in [-0.3, -0.25) is 0 Å². The summed E-state index contributed by atoms with van der Waals surface area (Å²) >= 11 is 9.54. The Bertz CT molecular complexity index is 356. The topological polar surface area (TPSA) is 29.3 Å². The summed E-state index contributed by atoms with van der Waals surface area (Å²) in [5, 5.41) is 0.782. The van der Waals surface area contributed by atoms with Crippen LogP contribution in [0.2, 0.25) is 5.02 Å². The number of anilines is 1. The first-order chi connectivity index (χ1) is 7.20. The van der Waals surface area contributed by atoms with Crippen LogP contribution < -0.4 is 10.6 Å². The Labute approximate surface area is 104 Å². The van der Waals surface area contributed by atoms with E-state index in [1.807, 2.05) is 18.2 Å². The Morgan fingerprint density at radius 2 is 2.33 bits per heavy atom. The lowest BCUT2D eigenvalue weighted by Crippen LogP contribution is -2.22. The quantitative estimate of drug-likeness (QED) is 0.907. The number of rotatable bonds is 2. The molecule has 1 saturated heterocycles. The molecule has 0 spiro atoms. The predicted molar refractivity (Wildman–Crippen MR) is 68.5 cm³/mol. The summed E-state index contributed by atoms with van der Waals surface area (Å²) < 4.78 is 1.10. The average Bonchev–Trinajstić information content (AvgIpc) is 2.70. The van der Waals surface area contributed by atoms with Gasteiger partial charge in [0.05, 0.1) is 5.69 Å². The average molecular weight is 290 g/mol. The first-order valence-electron chi connectivity index (χ1n) is 5.11.